The standard InChI is InChI=1S/C26H30N6O2S/c1-7-32-25(21-14-31(5)30-24(21)19-9-8-10-20(13-19)34-6)28-29-26(32)35-15-22(33)27-23-17(3)11-16(2)12-18(23)4/h8-14H,7,15H2,1-6H3,(H,27,33). The fourth-order valence-electron chi connectivity index (χ4n) is 4.20. The minimum absolute atomic E-state index is 0.0734. The molecule has 0 saturated carbocycles. The van der Waals surface area contributed by atoms with E-state index in [1.807, 2.05) is 62.8 Å². The van der Waals surface area contributed by atoms with Gasteiger partial charge in [0, 0.05) is 31.0 Å². The number of carbonyl (C=O) groups excluding carboxylic acids is 1. The van der Waals surface area contributed by atoms with Gasteiger partial charge in [0.1, 0.15) is 11.4 Å². The Morgan fingerprint density at radius 3 is 2.54 bits per heavy atom. The molecule has 35 heavy (non-hydrogen) atoms. The van der Waals surface area contributed by atoms with Crippen LogP contribution >= 0.6 is 11.8 Å². The Labute approximate surface area is 209 Å². The molecule has 0 spiro atoms. The van der Waals surface area contributed by atoms with E-state index < -0.39 is 0 Å². The molecule has 0 atom stereocenters. The van der Waals surface area contributed by atoms with E-state index in [9.17, 15) is 4.79 Å². The lowest BCUT2D eigenvalue weighted by atomic mass is 10.1. The number of thioether (sulfide) groups is 1. The monoisotopic (exact) mass is 490 g/mol. The van der Waals surface area contributed by atoms with Gasteiger partial charge in [-0.25, -0.2) is 0 Å². The molecule has 8 nitrogen and oxygen atoms in total. The number of nitrogens with zero attached hydrogens (tertiary/aromatic N) is 5. The summed E-state index contributed by atoms with van der Waals surface area (Å²) in [7, 11) is 3.53. The zero-order chi connectivity index (χ0) is 25.1. The van der Waals surface area contributed by atoms with E-state index >= 15 is 0 Å². The molecule has 1 amide bonds. The molecule has 0 radical (unpaired) electrons. The van der Waals surface area contributed by atoms with Crippen LogP contribution in [0.5, 0.6) is 5.75 Å². The highest BCUT2D eigenvalue weighted by Crippen LogP contribution is 2.33. The summed E-state index contributed by atoms with van der Waals surface area (Å²) in [5.41, 5.74) is 6.77. The predicted octanol–water partition coefficient (Wildman–Crippen LogP) is 5.03. The molecular formula is C26H30N6O2S. The van der Waals surface area contributed by atoms with Gasteiger partial charge in [-0.3, -0.25) is 9.48 Å². The average molecular weight is 491 g/mol. The number of methoxy groups -OCH3 is 1. The lowest BCUT2D eigenvalue weighted by Crippen LogP contribution is -2.16. The van der Waals surface area contributed by atoms with Crippen LogP contribution in [0.2, 0.25) is 0 Å². The highest BCUT2D eigenvalue weighted by atomic mass is 32.2. The number of carbonyl (C=O) groups is 1. The van der Waals surface area contributed by atoms with Crippen LogP contribution in [0.25, 0.3) is 22.6 Å². The maximum absolute atomic E-state index is 12.7. The Kier molecular flexibility index (Phi) is 7.25. The van der Waals surface area contributed by atoms with Crippen LogP contribution in [-0.2, 0) is 18.4 Å². The van der Waals surface area contributed by atoms with Crippen LogP contribution in [0.4, 0.5) is 5.69 Å². The van der Waals surface area contributed by atoms with Gasteiger partial charge in [-0.2, -0.15) is 5.10 Å². The van der Waals surface area contributed by atoms with Crippen LogP contribution < -0.4 is 10.1 Å². The molecule has 0 saturated heterocycles. The van der Waals surface area contributed by atoms with Gasteiger partial charge in [0.05, 0.1) is 18.4 Å². The number of aromatic nitrogens is 5. The van der Waals surface area contributed by atoms with Crippen molar-refractivity contribution in [2.75, 3.05) is 18.2 Å². The average Bonchev–Trinajstić information content (AvgIpc) is 3.42. The van der Waals surface area contributed by atoms with Crippen LogP contribution in [0.3, 0.4) is 0 Å². The number of ether oxygens (including phenoxy) is 1. The molecule has 0 bridgehead atoms. The van der Waals surface area contributed by atoms with Crippen molar-refractivity contribution in [1.29, 1.82) is 0 Å². The van der Waals surface area contributed by atoms with Gasteiger partial charge in [-0.05, 0) is 51.0 Å². The summed E-state index contributed by atoms with van der Waals surface area (Å²) in [5, 5.41) is 17.3. The largest absolute Gasteiger partial charge is 0.497 e. The quantitative estimate of drug-likeness (QED) is 0.349. The molecule has 0 aliphatic rings. The Morgan fingerprint density at radius 2 is 1.86 bits per heavy atom. The van der Waals surface area contributed by atoms with Crippen molar-refractivity contribution in [3.63, 3.8) is 0 Å². The molecule has 4 aromatic rings. The first kappa shape index (κ1) is 24.5. The number of hydrogen-bond acceptors (Lipinski definition) is 6. The fourth-order valence-corrected chi connectivity index (χ4v) is 5.00. The topological polar surface area (TPSA) is 86.9 Å². The van der Waals surface area contributed by atoms with Crippen molar-refractivity contribution < 1.29 is 9.53 Å². The summed E-state index contributed by atoms with van der Waals surface area (Å²) in [6.45, 7) is 8.78. The highest BCUT2D eigenvalue weighted by Gasteiger charge is 2.21. The zero-order valence-electron chi connectivity index (χ0n) is 20.9. The summed E-state index contributed by atoms with van der Waals surface area (Å²) < 4.78 is 9.17. The van der Waals surface area contributed by atoms with Gasteiger partial charge >= 0.3 is 0 Å². The molecule has 9 heteroatoms. The van der Waals surface area contributed by atoms with E-state index in [1.54, 1.807) is 11.8 Å². The Morgan fingerprint density at radius 1 is 1.11 bits per heavy atom. The Hall–Kier alpha value is -3.59. The van der Waals surface area contributed by atoms with E-state index in [-0.39, 0.29) is 11.7 Å². The minimum atomic E-state index is -0.0734. The first-order valence-electron chi connectivity index (χ1n) is 11.4. The van der Waals surface area contributed by atoms with E-state index in [4.69, 9.17) is 4.74 Å². The van der Waals surface area contributed by atoms with Crippen molar-refractivity contribution in [1.82, 2.24) is 24.5 Å². The number of anilines is 1. The summed E-state index contributed by atoms with van der Waals surface area (Å²) in [4.78, 5) is 12.7. The molecule has 0 aliphatic carbocycles. The molecule has 2 aromatic heterocycles. The second-order valence-corrected chi connectivity index (χ2v) is 9.40. The Balaban J connectivity index is 1.56. The highest BCUT2D eigenvalue weighted by molar-refractivity contribution is 7.99. The number of rotatable bonds is 8. The van der Waals surface area contributed by atoms with Crippen molar-refractivity contribution in [2.24, 2.45) is 7.05 Å². The van der Waals surface area contributed by atoms with Crippen molar-refractivity contribution in [3.8, 4) is 28.4 Å². The number of hydrogen-bond donors (Lipinski definition) is 1. The summed E-state index contributed by atoms with van der Waals surface area (Å²) in [6, 6.07) is 11.9. The maximum atomic E-state index is 12.7. The summed E-state index contributed by atoms with van der Waals surface area (Å²) in [6.07, 6.45) is 1.94. The minimum Gasteiger partial charge on any atom is -0.497 e. The van der Waals surface area contributed by atoms with Crippen molar-refractivity contribution >= 4 is 23.4 Å². The summed E-state index contributed by atoms with van der Waals surface area (Å²) >= 11 is 1.37. The molecule has 2 heterocycles. The second kappa shape index (κ2) is 10.4. The third-order valence-corrected chi connectivity index (χ3v) is 6.69. The predicted molar refractivity (Wildman–Crippen MR) is 140 cm³/mol. The van der Waals surface area contributed by atoms with Crippen molar-refractivity contribution in [3.05, 3.63) is 59.3 Å². The van der Waals surface area contributed by atoms with Gasteiger partial charge in [-0.1, -0.05) is 41.6 Å². The molecule has 0 fully saturated rings. The number of aryl methyl sites for hydroxylation is 4. The SMILES string of the molecule is CCn1c(SCC(=O)Nc2c(C)cc(C)cc2C)nnc1-c1cn(C)nc1-c1cccc(OC)c1. The van der Waals surface area contributed by atoms with Crippen LogP contribution in [-0.4, -0.2) is 43.3 Å². The van der Waals surface area contributed by atoms with Gasteiger partial charge in [-0.15, -0.1) is 10.2 Å². The van der Waals surface area contributed by atoms with E-state index in [0.29, 0.717) is 17.5 Å². The number of benzene rings is 2. The first-order chi connectivity index (χ1) is 16.8. The Bertz CT molecular complexity index is 1350. The molecule has 182 valence electrons. The fraction of sp³-hybridized carbons (Fsp3) is 0.308. The molecule has 2 aromatic carbocycles. The first-order valence-corrected chi connectivity index (χ1v) is 12.4. The van der Waals surface area contributed by atoms with Gasteiger partial charge in [0.25, 0.3) is 0 Å². The van der Waals surface area contributed by atoms with Gasteiger partial charge in [0.2, 0.25) is 5.91 Å². The maximum Gasteiger partial charge on any atom is 0.234 e. The normalized spacial score (nSPS) is 11.0. The van der Waals surface area contributed by atoms with Crippen LogP contribution in [0, 0.1) is 20.8 Å². The smallest absolute Gasteiger partial charge is 0.234 e. The molecule has 1 N–H and O–H groups in total. The zero-order valence-corrected chi connectivity index (χ0v) is 21.7. The lowest BCUT2D eigenvalue weighted by Gasteiger charge is -2.13. The van der Waals surface area contributed by atoms with Crippen LogP contribution in [0.15, 0.2) is 47.8 Å². The van der Waals surface area contributed by atoms with Crippen LogP contribution in [0.1, 0.15) is 23.6 Å². The lowest BCUT2D eigenvalue weighted by molar-refractivity contribution is -0.113. The number of nitrogens with one attached hydrogen (secondary N) is 1. The van der Waals surface area contributed by atoms with E-state index in [2.05, 4.69) is 39.7 Å². The molecular weight excluding hydrogens is 460 g/mol. The van der Waals surface area contributed by atoms with Gasteiger partial charge in [0.15, 0.2) is 11.0 Å². The van der Waals surface area contributed by atoms with E-state index in [0.717, 1.165) is 39.4 Å². The number of amides is 1. The summed E-state index contributed by atoms with van der Waals surface area (Å²) in [5.74, 6) is 1.64. The van der Waals surface area contributed by atoms with E-state index in [1.165, 1.54) is 17.3 Å². The third kappa shape index (κ3) is 5.24. The van der Waals surface area contributed by atoms with Gasteiger partial charge < -0.3 is 14.6 Å². The molecule has 0 unspecified atom stereocenters. The third-order valence-electron chi connectivity index (χ3n) is 5.72. The second-order valence-electron chi connectivity index (χ2n) is 8.46. The van der Waals surface area contributed by atoms with Crippen molar-refractivity contribution in [2.45, 2.75) is 39.4 Å². The molecule has 0 aliphatic heterocycles. The molecule has 4 rings (SSSR count).